The van der Waals surface area contributed by atoms with Gasteiger partial charge in [0.15, 0.2) is 0 Å². The fourth-order valence-corrected chi connectivity index (χ4v) is 5.64. The lowest BCUT2D eigenvalue weighted by atomic mass is 9.41. The highest BCUT2D eigenvalue weighted by Crippen LogP contribution is 2.67. The summed E-state index contributed by atoms with van der Waals surface area (Å²) in [5.74, 6) is 2.61. The van der Waals surface area contributed by atoms with Crippen LogP contribution in [0.2, 0.25) is 0 Å². The molecular formula is C17H26O2. The highest BCUT2D eigenvalue weighted by molar-refractivity contribution is 5.81. The van der Waals surface area contributed by atoms with Gasteiger partial charge in [0.25, 0.3) is 0 Å². The van der Waals surface area contributed by atoms with E-state index in [2.05, 4.69) is 27.4 Å². The number of esters is 1. The summed E-state index contributed by atoms with van der Waals surface area (Å²) in [5.41, 5.74) is -0.0831. The van der Waals surface area contributed by atoms with Gasteiger partial charge in [0.05, 0.1) is 0 Å². The van der Waals surface area contributed by atoms with Crippen LogP contribution in [0.25, 0.3) is 0 Å². The minimum atomic E-state index is -0.228. The zero-order chi connectivity index (χ0) is 13.8. The standard InChI is InChI=1S/C17H26O2/c1-5-15(18)19-17-9-12-6-13(10-17)8-14(7-12)16(17,4)11(2)3/h5,11-14H,1,6-10H2,2-4H3. The van der Waals surface area contributed by atoms with Gasteiger partial charge in [-0.05, 0) is 55.8 Å². The quantitative estimate of drug-likeness (QED) is 0.568. The Morgan fingerprint density at radius 1 is 1.26 bits per heavy atom. The predicted octanol–water partition coefficient (Wildman–Crippen LogP) is 3.96. The highest BCUT2D eigenvalue weighted by atomic mass is 16.6. The Bertz CT molecular complexity index is 397. The van der Waals surface area contributed by atoms with Crippen molar-refractivity contribution in [3.05, 3.63) is 12.7 Å². The molecule has 4 aliphatic rings. The van der Waals surface area contributed by atoms with Gasteiger partial charge in [-0.3, -0.25) is 0 Å². The molecule has 19 heavy (non-hydrogen) atoms. The van der Waals surface area contributed by atoms with E-state index in [1.54, 1.807) is 0 Å². The molecule has 0 aliphatic heterocycles. The van der Waals surface area contributed by atoms with Gasteiger partial charge in [-0.15, -0.1) is 0 Å². The van der Waals surface area contributed by atoms with Crippen molar-refractivity contribution in [3.63, 3.8) is 0 Å². The monoisotopic (exact) mass is 262 g/mol. The molecule has 4 fully saturated rings. The molecule has 0 heterocycles. The molecule has 4 bridgehead atoms. The van der Waals surface area contributed by atoms with Crippen LogP contribution in [0.4, 0.5) is 0 Å². The molecule has 0 amide bonds. The van der Waals surface area contributed by atoms with Gasteiger partial charge < -0.3 is 4.74 Å². The number of hydrogen-bond donors (Lipinski definition) is 0. The Balaban J connectivity index is 2.01. The smallest absolute Gasteiger partial charge is 0.330 e. The number of hydrogen-bond acceptors (Lipinski definition) is 2. The van der Waals surface area contributed by atoms with E-state index in [-0.39, 0.29) is 17.0 Å². The lowest BCUT2D eigenvalue weighted by Crippen LogP contribution is -2.66. The van der Waals surface area contributed by atoms with E-state index in [1.165, 1.54) is 25.3 Å². The van der Waals surface area contributed by atoms with Gasteiger partial charge in [-0.2, -0.15) is 0 Å². The molecule has 0 saturated heterocycles. The van der Waals surface area contributed by atoms with Crippen LogP contribution in [0.3, 0.4) is 0 Å². The molecule has 0 radical (unpaired) electrons. The van der Waals surface area contributed by atoms with Crippen LogP contribution in [0.15, 0.2) is 12.7 Å². The van der Waals surface area contributed by atoms with Crippen molar-refractivity contribution in [1.82, 2.24) is 0 Å². The van der Waals surface area contributed by atoms with Crippen LogP contribution in [-0.2, 0) is 9.53 Å². The zero-order valence-electron chi connectivity index (χ0n) is 12.4. The van der Waals surface area contributed by atoms with Crippen molar-refractivity contribution in [3.8, 4) is 0 Å². The van der Waals surface area contributed by atoms with Gasteiger partial charge in [-0.1, -0.05) is 27.4 Å². The fraction of sp³-hybridized carbons (Fsp3) is 0.824. The van der Waals surface area contributed by atoms with E-state index in [1.807, 2.05) is 0 Å². The Morgan fingerprint density at radius 2 is 1.84 bits per heavy atom. The molecule has 0 aromatic heterocycles. The first-order chi connectivity index (χ1) is 8.91. The maximum atomic E-state index is 11.9. The van der Waals surface area contributed by atoms with Crippen LogP contribution >= 0.6 is 0 Å². The Labute approximate surface area is 116 Å². The molecule has 106 valence electrons. The van der Waals surface area contributed by atoms with Crippen molar-refractivity contribution in [2.24, 2.45) is 29.1 Å². The maximum Gasteiger partial charge on any atom is 0.330 e. The summed E-state index contributed by atoms with van der Waals surface area (Å²) >= 11 is 0. The number of carbonyl (C=O) groups is 1. The lowest BCUT2D eigenvalue weighted by Gasteiger charge is -2.67. The molecule has 2 heteroatoms. The molecule has 0 N–H and O–H groups in total. The minimum Gasteiger partial charge on any atom is -0.455 e. The average molecular weight is 262 g/mol. The van der Waals surface area contributed by atoms with Crippen LogP contribution in [-0.4, -0.2) is 11.6 Å². The summed E-state index contributed by atoms with van der Waals surface area (Å²) in [6, 6.07) is 0. The highest BCUT2D eigenvalue weighted by Gasteiger charge is 2.66. The first-order valence-electron chi connectivity index (χ1n) is 7.76. The molecule has 2 nitrogen and oxygen atoms in total. The third kappa shape index (κ3) is 1.64. The number of carbonyl (C=O) groups excluding carboxylic acids is 1. The molecule has 0 aromatic rings. The summed E-state index contributed by atoms with van der Waals surface area (Å²) in [7, 11) is 0. The van der Waals surface area contributed by atoms with Gasteiger partial charge in [0.1, 0.15) is 5.60 Å². The van der Waals surface area contributed by atoms with Gasteiger partial charge in [-0.25, -0.2) is 4.79 Å². The maximum absolute atomic E-state index is 11.9. The third-order valence-corrected chi connectivity index (χ3v) is 6.63. The van der Waals surface area contributed by atoms with E-state index in [9.17, 15) is 4.79 Å². The van der Waals surface area contributed by atoms with Crippen LogP contribution in [0, 0.1) is 29.1 Å². The van der Waals surface area contributed by atoms with Crippen molar-refractivity contribution >= 4 is 5.97 Å². The van der Waals surface area contributed by atoms with Gasteiger partial charge >= 0.3 is 5.97 Å². The summed E-state index contributed by atoms with van der Waals surface area (Å²) in [5, 5.41) is 0. The molecule has 4 saturated carbocycles. The second-order valence-corrected chi connectivity index (χ2v) is 7.60. The second-order valence-electron chi connectivity index (χ2n) is 7.60. The molecular weight excluding hydrogens is 236 g/mol. The van der Waals surface area contributed by atoms with E-state index in [0.717, 1.165) is 30.6 Å². The van der Waals surface area contributed by atoms with Crippen molar-refractivity contribution in [1.29, 1.82) is 0 Å². The van der Waals surface area contributed by atoms with Gasteiger partial charge in [0, 0.05) is 11.5 Å². The summed E-state index contributed by atoms with van der Waals surface area (Å²) < 4.78 is 6.02. The Hall–Kier alpha value is -0.790. The zero-order valence-corrected chi connectivity index (χ0v) is 12.4. The Kier molecular flexibility index (Phi) is 2.85. The lowest BCUT2D eigenvalue weighted by molar-refractivity contribution is -0.250. The van der Waals surface area contributed by atoms with Gasteiger partial charge in [0.2, 0.25) is 0 Å². The first-order valence-corrected chi connectivity index (χ1v) is 7.76. The largest absolute Gasteiger partial charge is 0.455 e. The SMILES string of the molecule is C=CC(=O)OC12CC3CC(CC(C3)C1(C)C(C)C)C2. The molecule has 0 spiro atoms. The van der Waals surface area contributed by atoms with E-state index in [0.29, 0.717) is 5.92 Å². The molecule has 0 aromatic carbocycles. The van der Waals surface area contributed by atoms with Crippen LogP contribution in [0.1, 0.15) is 52.9 Å². The molecule has 3 atom stereocenters. The predicted molar refractivity (Wildman–Crippen MR) is 75.5 cm³/mol. The molecule has 3 unspecified atom stereocenters. The molecule has 4 aliphatic carbocycles. The topological polar surface area (TPSA) is 26.3 Å². The fourth-order valence-electron chi connectivity index (χ4n) is 5.64. The average Bonchev–Trinajstić information content (AvgIpc) is 2.34. The van der Waals surface area contributed by atoms with E-state index >= 15 is 0 Å². The first kappa shape index (κ1) is 13.2. The minimum absolute atomic E-state index is 0.138. The normalized spacial score (nSPS) is 47.5. The van der Waals surface area contributed by atoms with Crippen LogP contribution in [0.5, 0.6) is 0 Å². The Morgan fingerprint density at radius 3 is 2.32 bits per heavy atom. The van der Waals surface area contributed by atoms with Crippen molar-refractivity contribution < 1.29 is 9.53 Å². The number of rotatable bonds is 3. The summed E-state index contributed by atoms with van der Waals surface area (Å²) in [6.45, 7) is 10.5. The van der Waals surface area contributed by atoms with E-state index < -0.39 is 0 Å². The second kappa shape index (κ2) is 4.10. The number of ether oxygens (including phenoxy) is 1. The van der Waals surface area contributed by atoms with Crippen LogP contribution < -0.4 is 0 Å². The summed E-state index contributed by atoms with van der Waals surface area (Å²) in [4.78, 5) is 11.9. The van der Waals surface area contributed by atoms with E-state index in [4.69, 9.17) is 4.74 Å². The van der Waals surface area contributed by atoms with Crippen molar-refractivity contribution in [2.45, 2.75) is 58.5 Å². The van der Waals surface area contributed by atoms with Crippen molar-refractivity contribution in [2.75, 3.05) is 0 Å². The summed E-state index contributed by atoms with van der Waals surface area (Å²) in [6.07, 6.45) is 7.54. The molecule has 4 rings (SSSR count). The third-order valence-electron chi connectivity index (χ3n) is 6.63.